The van der Waals surface area contributed by atoms with E-state index in [0.717, 1.165) is 17.0 Å². The Morgan fingerprint density at radius 1 is 1.26 bits per heavy atom. The van der Waals surface area contributed by atoms with Crippen LogP contribution in [0.3, 0.4) is 0 Å². The van der Waals surface area contributed by atoms with E-state index in [0.29, 0.717) is 36.9 Å². The molecule has 0 bridgehead atoms. The minimum Gasteiger partial charge on any atom is -0.382 e. The van der Waals surface area contributed by atoms with Gasteiger partial charge in [0.1, 0.15) is 5.71 Å². The SMILES string of the molecule is CC(=O)N1CCCN(C(=O)C2CC(c3ccc(Cl)s3)=NO2)CC1. The van der Waals surface area contributed by atoms with Crippen molar-refractivity contribution in [1.29, 1.82) is 0 Å². The Kier molecular flexibility index (Phi) is 4.87. The van der Waals surface area contributed by atoms with Gasteiger partial charge in [0.05, 0.1) is 9.21 Å². The van der Waals surface area contributed by atoms with Crippen LogP contribution in [0.15, 0.2) is 17.3 Å². The molecule has 0 saturated carbocycles. The standard InChI is InChI=1S/C15H18ClN3O3S/c1-10(20)18-5-2-6-19(8-7-18)15(21)12-9-11(17-22-12)13-3-4-14(16)23-13/h3-4,12H,2,5-9H2,1H3. The lowest BCUT2D eigenvalue weighted by atomic mass is 10.1. The van der Waals surface area contributed by atoms with Crippen LogP contribution in [0.4, 0.5) is 0 Å². The molecule has 0 spiro atoms. The van der Waals surface area contributed by atoms with E-state index in [1.807, 2.05) is 12.1 Å². The molecule has 23 heavy (non-hydrogen) atoms. The van der Waals surface area contributed by atoms with E-state index in [9.17, 15) is 9.59 Å². The minimum absolute atomic E-state index is 0.0524. The zero-order chi connectivity index (χ0) is 16.4. The fourth-order valence-corrected chi connectivity index (χ4v) is 3.81. The molecule has 2 aliphatic rings. The first-order chi connectivity index (χ1) is 11.0. The third-order valence-corrected chi connectivity index (χ3v) is 5.33. The van der Waals surface area contributed by atoms with Crippen molar-refractivity contribution < 1.29 is 14.4 Å². The number of hydrogen-bond acceptors (Lipinski definition) is 5. The number of hydrogen-bond donors (Lipinski definition) is 0. The van der Waals surface area contributed by atoms with Crippen LogP contribution in [0.25, 0.3) is 0 Å². The number of amides is 2. The maximum absolute atomic E-state index is 12.6. The average molecular weight is 356 g/mol. The average Bonchev–Trinajstić information content (AvgIpc) is 3.09. The van der Waals surface area contributed by atoms with E-state index < -0.39 is 6.10 Å². The summed E-state index contributed by atoms with van der Waals surface area (Å²) >= 11 is 7.36. The van der Waals surface area contributed by atoms with E-state index in [2.05, 4.69) is 5.16 Å². The lowest BCUT2D eigenvalue weighted by molar-refractivity contribution is -0.142. The van der Waals surface area contributed by atoms with E-state index in [4.69, 9.17) is 16.4 Å². The van der Waals surface area contributed by atoms with Crippen LogP contribution in [0.5, 0.6) is 0 Å². The molecule has 1 atom stereocenters. The molecule has 6 nitrogen and oxygen atoms in total. The highest BCUT2D eigenvalue weighted by Crippen LogP contribution is 2.27. The third-order valence-electron chi connectivity index (χ3n) is 4.05. The monoisotopic (exact) mass is 355 g/mol. The Bertz CT molecular complexity index is 646. The quantitative estimate of drug-likeness (QED) is 0.814. The molecule has 0 radical (unpaired) electrons. The van der Waals surface area contributed by atoms with Gasteiger partial charge in [-0.05, 0) is 18.6 Å². The molecule has 8 heteroatoms. The summed E-state index contributed by atoms with van der Waals surface area (Å²) in [5, 5.41) is 4.04. The Labute approximate surface area is 143 Å². The maximum Gasteiger partial charge on any atom is 0.266 e. The number of carbonyl (C=O) groups excluding carboxylic acids is 2. The molecular formula is C15H18ClN3O3S. The zero-order valence-corrected chi connectivity index (χ0v) is 14.4. The fourth-order valence-electron chi connectivity index (χ4n) is 2.78. The molecule has 1 aromatic rings. The van der Waals surface area contributed by atoms with E-state index in [1.54, 1.807) is 16.7 Å². The number of oxime groups is 1. The van der Waals surface area contributed by atoms with Gasteiger partial charge in [0.25, 0.3) is 5.91 Å². The largest absolute Gasteiger partial charge is 0.382 e. The molecule has 1 saturated heterocycles. The van der Waals surface area contributed by atoms with Crippen LogP contribution < -0.4 is 0 Å². The molecule has 1 aromatic heterocycles. The van der Waals surface area contributed by atoms with Gasteiger partial charge in [0.2, 0.25) is 12.0 Å². The smallest absolute Gasteiger partial charge is 0.266 e. The molecule has 1 unspecified atom stereocenters. The first kappa shape index (κ1) is 16.3. The Morgan fingerprint density at radius 2 is 2.00 bits per heavy atom. The predicted octanol–water partition coefficient (Wildman–Crippen LogP) is 1.98. The van der Waals surface area contributed by atoms with Crippen molar-refractivity contribution in [2.75, 3.05) is 26.2 Å². The van der Waals surface area contributed by atoms with Crippen molar-refractivity contribution in [3.05, 3.63) is 21.3 Å². The summed E-state index contributed by atoms with van der Waals surface area (Å²) in [4.78, 5) is 33.9. The Balaban J connectivity index is 1.58. The van der Waals surface area contributed by atoms with Crippen molar-refractivity contribution in [3.8, 4) is 0 Å². The van der Waals surface area contributed by atoms with Crippen LogP contribution in [0.1, 0.15) is 24.6 Å². The van der Waals surface area contributed by atoms with Crippen molar-refractivity contribution in [2.45, 2.75) is 25.9 Å². The van der Waals surface area contributed by atoms with Crippen LogP contribution >= 0.6 is 22.9 Å². The van der Waals surface area contributed by atoms with Crippen LogP contribution in [-0.4, -0.2) is 59.6 Å². The molecule has 124 valence electrons. The molecule has 1 fully saturated rings. The fraction of sp³-hybridized carbons (Fsp3) is 0.533. The van der Waals surface area contributed by atoms with Crippen LogP contribution in [0.2, 0.25) is 4.34 Å². The number of rotatable bonds is 2. The van der Waals surface area contributed by atoms with E-state index >= 15 is 0 Å². The van der Waals surface area contributed by atoms with Crippen molar-refractivity contribution in [3.63, 3.8) is 0 Å². The van der Waals surface area contributed by atoms with E-state index in [1.165, 1.54) is 11.3 Å². The first-order valence-electron chi connectivity index (χ1n) is 7.57. The van der Waals surface area contributed by atoms with Crippen molar-refractivity contribution in [1.82, 2.24) is 9.80 Å². The summed E-state index contributed by atoms with van der Waals surface area (Å²) in [6.45, 7) is 4.01. The first-order valence-corrected chi connectivity index (χ1v) is 8.77. The highest BCUT2D eigenvalue weighted by molar-refractivity contribution is 7.18. The summed E-state index contributed by atoms with van der Waals surface area (Å²) in [6.07, 6.45) is 0.671. The lowest BCUT2D eigenvalue weighted by Crippen LogP contribution is -2.42. The van der Waals surface area contributed by atoms with Gasteiger partial charge in [0, 0.05) is 39.5 Å². The summed E-state index contributed by atoms with van der Waals surface area (Å²) < 4.78 is 0.689. The molecule has 3 heterocycles. The molecule has 0 N–H and O–H groups in total. The number of carbonyl (C=O) groups is 2. The van der Waals surface area contributed by atoms with E-state index in [-0.39, 0.29) is 11.8 Å². The number of nitrogens with zero attached hydrogens (tertiary/aromatic N) is 3. The van der Waals surface area contributed by atoms with Gasteiger partial charge >= 0.3 is 0 Å². The van der Waals surface area contributed by atoms with Gasteiger partial charge in [-0.25, -0.2) is 0 Å². The molecule has 2 aliphatic heterocycles. The van der Waals surface area contributed by atoms with Crippen molar-refractivity contribution >= 4 is 40.5 Å². The second-order valence-corrected chi connectivity index (χ2v) is 7.34. The molecule has 2 amide bonds. The normalized spacial score (nSPS) is 21.7. The Hall–Kier alpha value is -1.60. The highest BCUT2D eigenvalue weighted by Gasteiger charge is 2.33. The topological polar surface area (TPSA) is 62.2 Å². The summed E-state index contributed by atoms with van der Waals surface area (Å²) in [7, 11) is 0. The summed E-state index contributed by atoms with van der Waals surface area (Å²) in [5.41, 5.74) is 0.764. The predicted molar refractivity (Wildman–Crippen MR) is 88.8 cm³/mol. The van der Waals surface area contributed by atoms with Crippen LogP contribution in [-0.2, 0) is 14.4 Å². The second kappa shape index (κ2) is 6.88. The molecule has 3 rings (SSSR count). The molecule has 0 aromatic carbocycles. The second-order valence-electron chi connectivity index (χ2n) is 5.62. The summed E-state index contributed by atoms with van der Waals surface area (Å²) in [5.74, 6) is -0.00610. The Morgan fingerprint density at radius 3 is 2.70 bits per heavy atom. The molecule has 0 aliphatic carbocycles. The lowest BCUT2D eigenvalue weighted by Gasteiger charge is -2.23. The van der Waals surface area contributed by atoms with Gasteiger partial charge in [-0.1, -0.05) is 16.8 Å². The van der Waals surface area contributed by atoms with Gasteiger partial charge in [-0.3, -0.25) is 9.59 Å². The van der Waals surface area contributed by atoms with Crippen molar-refractivity contribution in [2.24, 2.45) is 5.16 Å². The summed E-state index contributed by atoms with van der Waals surface area (Å²) in [6, 6.07) is 3.70. The number of halogens is 1. The highest BCUT2D eigenvalue weighted by atomic mass is 35.5. The maximum atomic E-state index is 12.6. The number of thiophene rings is 1. The third kappa shape index (κ3) is 3.67. The molecular weight excluding hydrogens is 338 g/mol. The van der Waals surface area contributed by atoms with Gasteiger partial charge in [0.15, 0.2) is 0 Å². The minimum atomic E-state index is -0.574. The van der Waals surface area contributed by atoms with Gasteiger partial charge in [-0.15, -0.1) is 11.3 Å². The van der Waals surface area contributed by atoms with Crippen LogP contribution in [0, 0.1) is 0 Å². The van der Waals surface area contributed by atoms with Gasteiger partial charge in [-0.2, -0.15) is 0 Å². The van der Waals surface area contributed by atoms with Gasteiger partial charge < -0.3 is 14.6 Å². The zero-order valence-electron chi connectivity index (χ0n) is 12.8.